The van der Waals surface area contributed by atoms with E-state index < -0.39 is 11.6 Å². The molecule has 6 nitrogen and oxygen atoms in total. The van der Waals surface area contributed by atoms with E-state index in [1.165, 1.54) is 6.07 Å². The van der Waals surface area contributed by atoms with Gasteiger partial charge in [0.25, 0.3) is 0 Å². The summed E-state index contributed by atoms with van der Waals surface area (Å²) in [6, 6.07) is 3.91. The number of hydrogen-bond acceptors (Lipinski definition) is 5. The first kappa shape index (κ1) is 18.0. The van der Waals surface area contributed by atoms with Crippen molar-refractivity contribution in [1.29, 1.82) is 0 Å². The Morgan fingerprint density at radius 1 is 1.33 bits per heavy atom. The number of piperidine rings is 1. The molecule has 27 heavy (non-hydrogen) atoms. The lowest BCUT2D eigenvalue weighted by molar-refractivity contribution is -0.121. The van der Waals surface area contributed by atoms with E-state index in [0.717, 1.165) is 49.9 Å². The molecule has 0 saturated carbocycles. The SMILES string of the molecule is O=C(Nc1nc2c(F)cc(F)cc2s1)C1CCCN(CCn2cccn2)C1. The van der Waals surface area contributed by atoms with Crippen LogP contribution in [-0.4, -0.2) is 45.2 Å². The van der Waals surface area contributed by atoms with Crippen LogP contribution in [0.4, 0.5) is 13.9 Å². The van der Waals surface area contributed by atoms with Crippen molar-refractivity contribution in [1.82, 2.24) is 19.7 Å². The second-order valence-electron chi connectivity index (χ2n) is 6.65. The summed E-state index contributed by atoms with van der Waals surface area (Å²) in [5, 5.41) is 7.26. The average molecular weight is 391 g/mol. The lowest BCUT2D eigenvalue weighted by atomic mass is 9.97. The van der Waals surface area contributed by atoms with Crippen LogP contribution in [-0.2, 0) is 11.3 Å². The van der Waals surface area contributed by atoms with Crippen LogP contribution in [0.2, 0.25) is 0 Å². The summed E-state index contributed by atoms with van der Waals surface area (Å²) in [5.74, 6) is -1.64. The lowest BCUT2D eigenvalue weighted by Gasteiger charge is -2.31. The second kappa shape index (κ2) is 7.69. The number of halogens is 2. The van der Waals surface area contributed by atoms with Gasteiger partial charge < -0.3 is 10.2 Å². The van der Waals surface area contributed by atoms with Gasteiger partial charge in [-0.15, -0.1) is 0 Å². The second-order valence-corrected chi connectivity index (χ2v) is 7.68. The number of anilines is 1. The Hall–Kier alpha value is -2.39. The largest absolute Gasteiger partial charge is 0.302 e. The van der Waals surface area contributed by atoms with Gasteiger partial charge in [0.15, 0.2) is 10.9 Å². The third kappa shape index (κ3) is 4.14. The number of fused-ring (bicyclic) bond motifs is 1. The van der Waals surface area contributed by atoms with Crippen LogP contribution >= 0.6 is 11.3 Å². The van der Waals surface area contributed by atoms with Crippen molar-refractivity contribution in [2.75, 3.05) is 25.0 Å². The van der Waals surface area contributed by atoms with Crippen molar-refractivity contribution < 1.29 is 13.6 Å². The number of likely N-dealkylation sites (tertiary alicyclic amines) is 1. The summed E-state index contributed by atoms with van der Waals surface area (Å²) in [7, 11) is 0. The van der Waals surface area contributed by atoms with Crippen LogP contribution in [0.15, 0.2) is 30.6 Å². The van der Waals surface area contributed by atoms with Gasteiger partial charge >= 0.3 is 0 Å². The molecular formula is C18H19F2N5OS. The number of amides is 1. The van der Waals surface area contributed by atoms with Crippen LogP contribution in [0, 0.1) is 17.6 Å². The highest BCUT2D eigenvalue weighted by atomic mass is 32.1. The molecule has 1 N–H and O–H groups in total. The highest BCUT2D eigenvalue weighted by Gasteiger charge is 2.26. The first-order chi connectivity index (χ1) is 13.1. The maximum absolute atomic E-state index is 13.8. The first-order valence-electron chi connectivity index (χ1n) is 8.85. The van der Waals surface area contributed by atoms with E-state index in [2.05, 4.69) is 20.3 Å². The van der Waals surface area contributed by atoms with E-state index in [9.17, 15) is 13.6 Å². The van der Waals surface area contributed by atoms with Gasteiger partial charge in [-0.1, -0.05) is 11.3 Å². The molecule has 1 aliphatic rings. The molecule has 0 spiro atoms. The number of hydrogen-bond donors (Lipinski definition) is 1. The van der Waals surface area contributed by atoms with Crippen LogP contribution in [0.25, 0.3) is 10.2 Å². The number of carbonyl (C=O) groups is 1. The minimum absolute atomic E-state index is 0.0844. The number of carbonyl (C=O) groups excluding carboxylic acids is 1. The molecular weight excluding hydrogens is 372 g/mol. The van der Waals surface area contributed by atoms with E-state index >= 15 is 0 Å². The molecule has 1 aromatic carbocycles. The first-order valence-corrected chi connectivity index (χ1v) is 9.66. The topological polar surface area (TPSA) is 63.1 Å². The molecule has 2 aromatic heterocycles. The fourth-order valence-corrected chi connectivity index (χ4v) is 4.28. The van der Waals surface area contributed by atoms with Gasteiger partial charge in [-0.05, 0) is 31.5 Å². The molecule has 1 saturated heterocycles. The Balaban J connectivity index is 1.38. The maximum atomic E-state index is 13.8. The minimum atomic E-state index is -0.718. The number of nitrogens with zero attached hydrogens (tertiary/aromatic N) is 4. The minimum Gasteiger partial charge on any atom is -0.302 e. The van der Waals surface area contributed by atoms with Gasteiger partial charge in [0.1, 0.15) is 11.3 Å². The van der Waals surface area contributed by atoms with Crippen molar-refractivity contribution in [2.24, 2.45) is 5.92 Å². The van der Waals surface area contributed by atoms with Crippen LogP contribution in [0.3, 0.4) is 0 Å². The zero-order valence-corrected chi connectivity index (χ0v) is 15.4. The standard InChI is InChI=1S/C18H19F2N5OS/c19-13-9-14(20)16-15(10-13)27-18(22-16)23-17(26)12-3-1-5-24(11-12)7-8-25-6-2-4-21-25/h2,4,6,9-10,12H,1,3,5,7-8,11H2,(H,22,23,26). The highest BCUT2D eigenvalue weighted by Crippen LogP contribution is 2.29. The highest BCUT2D eigenvalue weighted by molar-refractivity contribution is 7.22. The number of rotatable bonds is 5. The monoisotopic (exact) mass is 391 g/mol. The van der Waals surface area contributed by atoms with Gasteiger partial charge in [0, 0.05) is 31.5 Å². The molecule has 1 unspecified atom stereocenters. The predicted octanol–water partition coefficient (Wildman–Crippen LogP) is 3.12. The van der Waals surface area contributed by atoms with Gasteiger partial charge in [-0.25, -0.2) is 13.8 Å². The quantitative estimate of drug-likeness (QED) is 0.726. The fourth-order valence-electron chi connectivity index (χ4n) is 3.37. The van der Waals surface area contributed by atoms with Crippen molar-refractivity contribution in [3.05, 3.63) is 42.2 Å². The van der Waals surface area contributed by atoms with Gasteiger partial charge in [0.05, 0.1) is 17.2 Å². The van der Waals surface area contributed by atoms with Crippen LogP contribution in [0.1, 0.15) is 12.8 Å². The summed E-state index contributed by atoms with van der Waals surface area (Å²) in [6.45, 7) is 3.23. The molecule has 142 valence electrons. The van der Waals surface area contributed by atoms with E-state index in [0.29, 0.717) is 16.4 Å². The van der Waals surface area contributed by atoms with Gasteiger partial charge in [-0.2, -0.15) is 5.10 Å². The Kier molecular flexibility index (Phi) is 5.13. The molecule has 3 heterocycles. The maximum Gasteiger partial charge on any atom is 0.230 e. The molecule has 1 fully saturated rings. The third-order valence-electron chi connectivity index (χ3n) is 4.72. The zero-order valence-electron chi connectivity index (χ0n) is 14.6. The molecule has 0 radical (unpaired) electrons. The van der Waals surface area contributed by atoms with E-state index in [-0.39, 0.29) is 17.3 Å². The van der Waals surface area contributed by atoms with Crippen LogP contribution < -0.4 is 5.32 Å². The molecule has 3 aromatic rings. The average Bonchev–Trinajstić information content (AvgIpc) is 3.29. The summed E-state index contributed by atoms with van der Waals surface area (Å²) >= 11 is 1.08. The normalized spacial score (nSPS) is 18.1. The predicted molar refractivity (Wildman–Crippen MR) is 99.6 cm³/mol. The molecule has 9 heteroatoms. The number of benzene rings is 1. The van der Waals surface area contributed by atoms with E-state index in [1.807, 2.05) is 16.9 Å². The molecule has 1 amide bonds. The van der Waals surface area contributed by atoms with Crippen LogP contribution in [0.5, 0.6) is 0 Å². The summed E-state index contributed by atoms with van der Waals surface area (Å²) in [5.41, 5.74) is 0.0844. The van der Waals surface area contributed by atoms with Gasteiger partial charge in [0.2, 0.25) is 5.91 Å². The number of thiazole rings is 1. The molecule has 4 rings (SSSR count). The molecule has 1 aliphatic heterocycles. The van der Waals surface area contributed by atoms with Crippen molar-refractivity contribution in [3.8, 4) is 0 Å². The van der Waals surface area contributed by atoms with Crippen molar-refractivity contribution >= 4 is 32.6 Å². The smallest absolute Gasteiger partial charge is 0.230 e. The van der Waals surface area contributed by atoms with E-state index in [1.54, 1.807) is 6.20 Å². The van der Waals surface area contributed by atoms with Crippen molar-refractivity contribution in [3.63, 3.8) is 0 Å². The number of nitrogens with one attached hydrogen (secondary N) is 1. The molecule has 1 atom stereocenters. The van der Waals surface area contributed by atoms with E-state index in [4.69, 9.17) is 0 Å². The summed E-state index contributed by atoms with van der Waals surface area (Å²) in [6.07, 6.45) is 5.41. The Morgan fingerprint density at radius 3 is 3.04 bits per heavy atom. The Morgan fingerprint density at radius 2 is 2.22 bits per heavy atom. The summed E-state index contributed by atoms with van der Waals surface area (Å²) in [4.78, 5) is 19.0. The van der Waals surface area contributed by atoms with Gasteiger partial charge in [-0.3, -0.25) is 9.48 Å². The molecule has 0 aliphatic carbocycles. The zero-order chi connectivity index (χ0) is 18.8. The Bertz CT molecular complexity index is 943. The fraction of sp³-hybridized carbons (Fsp3) is 0.389. The Labute approximate surface area is 158 Å². The molecule has 0 bridgehead atoms. The summed E-state index contributed by atoms with van der Waals surface area (Å²) < 4.78 is 29.4. The number of aromatic nitrogens is 3. The third-order valence-corrected chi connectivity index (χ3v) is 5.64. The lowest BCUT2D eigenvalue weighted by Crippen LogP contribution is -2.42. The van der Waals surface area contributed by atoms with Crippen molar-refractivity contribution in [2.45, 2.75) is 19.4 Å².